The van der Waals surface area contributed by atoms with E-state index in [9.17, 15) is 8.42 Å². The lowest BCUT2D eigenvalue weighted by atomic mass is 10.3. The summed E-state index contributed by atoms with van der Waals surface area (Å²) in [6.07, 6.45) is 0. The third-order valence-electron chi connectivity index (χ3n) is 2.23. The van der Waals surface area contributed by atoms with Crippen molar-refractivity contribution in [3.8, 4) is 5.75 Å². The number of methoxy groups -OCH3 is 1. The summed E-state index contributed by atoms with van der Waals surface area (Å²) in [7, 11) is -2.12. The molecule has 4 nitrogen and oxygen atoms in total. The van der Waals surface area contributed by atoms with Crippen LogP contribution in [0, 0.1) is 0 Å². The van der Waals surface area contributed by atoms with Gasteiger partial charge < -0.3 is 4.74 Å². The lowest BCUT2D eigenvalue weighted by Crippen LogP contribution is -2.11. The zero-order chi connectivity index (χ0) is 14.0. The largest absolute Gasteiger partial charge is 0.495 e. The van der Waals surface area contributed by atoms with E-state index in [1.807, 2.05) is 0 Å². The molecule has 0 aliphatic rings. The fraction of sp³-hybridized carbons (Fsp3) is 0.0909. The van der Waals surface area contributed by atoms with Gasteiger partial charge in [0, 0.05) is 4.47 Å². The van der Waals surface area contributed by atoms with Crippen molar-refractivity contribution in [1.29, 1.82) is 0 Å². The summed E-state index contributed by atoms with van der Waals surface area (Å²) >= 11 is 10.3. The van der Waals surface area contributed by atoms with Gasteiger partial charge in [0.15, 0.2) is 4.21 Å². The quantitative estimate of drug-likeness (QED) is 0.870. The molecule has 102 valence electrons. The molecule has 0 atom stereocenters. The number of nitrogens with one attached hydrogen (secondary N) is 1. The summed E-state index contributed by atoms with van der Waals surface area (Å²) in [5.74, 6) is 0.488. The molecular formula is C11H9BrClNO3S2. The van der Waals surface area contributed by atoms with Crippen molar-refractivity contribution in [3.63, 3.8) is 0 Å². The Hall–Kier alpha value is -0.760. The molecule has 0 amide bonds. The maximum absolute atomic E-state index is 12.1. The zero-order valence-corrected chi connectivity index (χ0v) is 13.7. The van der Waals surface area contributed by atoms with Gasteiger partial charge in [0.2, 0.25) is 0 Å². The molecule has 19 heavy (non-hydrogen) atoms. The van der Waals surface area contributed by atoms with E-state index in [0.29, 0.717) is 20.9 Å². The average Bonchev–Trinajstić information content (AvgIpc) is 2.76. The highest BCUT2D eigenvalue weighted by Gasteiger charge is 2.19. The molecule has 0 spiro atoms. The van der Waals surface area contributed by atoms with Gasteiger partial charge in [-0.2, -0.15) is 0 Å². The van der Waals surface area contributed by atoms with Crippen LogP contribution in [0.2, 0.25) is 5.02 Å². The summed E-state index contributed by atoms with van der Waals surface area (Å²) in [5.41, 5.74) is 0.381. The highest BCUT2D eigenvalue weighted by Crippen LogP contribution is 2.31. The molecule has 1 aromatic heterocycles. The second-order valence-electron chi connectivity index (χ2n) is 3.51. The van der Waals surface area contributed by atoms with Gasteiger partial charge in [-0.25, -0.2) is 8.42 Å². The molecule has 0 fully saturated rings. The summed E-state index contributed by atoms with van der Waals surface area (Å²) < 4.78 is 32.5. The molecular weight excluding hydrogens is 374 g/mol. The number of rotatable bonds is 4. The number of anilines is 1. The fourth-order valence-electron chi connectivity index (χ4n) is 1.40. The van der Waals surface area contributed by atoms with Crippen LogP contribution in [0.4, 0.5) is 5.69 Å². The van der Waals surface area contributed by atoms with Crippen LogP contribution in [0.25, 0.3) is 0 Å². The van der Waals surface area contributed by atoms with Crippen molar-refractivity contribution >= 4 is 54.6 Å². The van der Waals surface area contributed by atoms with Gasteiger partial charge in [0.25, 0.3) is 10.0 Å². The molecule has 0 saturated carbocycles. The molecule has 1 N–H and O–H groups in total. The Labute approximate surface area is 128 Å². The minimum absolute atomic E-state index is 0.222. The van der Waals surface area contributed by atoms with Gasteiger partial charge in [-0.3, -0.25) is 4.72 Å². The second kappa shape index (κ2) is 5.70. The third kappa shape index (κ3) is 3.22. The van der Waals surface area contributed by atoms with Crippen LogP contribution in [0.15, 0.2) is 38.3 Å². The lowest BCUT2D eigenvalue weighted by molar-refractivity contribution is 0.415. The van der Waals surface area contributed by atoms with E-state index in [1.54, 1.807) is 23.6 Å². The molecule has 2 aromatic rings. The average molecular weight is 383 g/mol. The SMILES string of the molecule is COc1ccc(NS(=O)(=O)c2sccc2Br)cc1Cl. The Morgan fingerprint density at radius 2 is 2.11 bits per heavy atom. The monoisotopic (exact) mass is 381 g/mol. The van der Waals surface area contributed by atoms with Gasteiger partial charge in [-0.05, 0) is 45.6 Å². The van der Waals surface area contributed by atoms with E-state index in [2.05, 4.69) is 20.7 Å². The van der Waals surface area contributed by atoms with Crippen LogP contribution in [-0.4, -0.2) is 15.5 Å². The molecule has 8 heteroatoms. The van der Waals surface area contributed by atoms with E-state index < -0.39 is 10.0 Å². The van der Waals surface area contributed by atoms with Gasteiger partial charge in [0.05, 0.1) is 17.8 Å². The summed E-state index contributed by atoms with van der Waals surface area (Å²) in [5, 5.41) is 2.03. The maximum atomic E-state index is 12.1. The maximum Gasteiger partial charge on any atom is 0.272 e. The van der Waals surface area contributed by atoms with E-state index in [0.717, 1.165) is 11.3 Å². The molecule has 0 saturated heterocycles. The Balaban J connectivity index is 2.31. The normalized spacial score (nSPS) is 11.3. The van der Waals surface area contributed by atoms with Crippen molar-refractivity contribution < 1.29 is 13.2 Å². The van der Waals surface area contributed by atoms with Gasteiger partial charge >= 0.3 is 0 Å². The highest BCUT2D eigenvalue weighted by atomic mass is 79.9. The smallest absolute Gasteiger partial charge is 0.272 e. The molecule has 2 rings (SSSR count). The Morgan fingerprint density at radius 3 is 2.63 bits per heavy atom. The molecule has 1 aromatic carbocycles. The lowest BCUT2D eigenvalue weighted by Gasteiger charge is -2.09. The number of hydrogen-bond acceptors (Lipinski definition) is 4. The first-order valence-electron chi connectivity index (χ1n) is 5.03. The van der Waals surface area contributed by atoms with Gasteiger partial charge in [-0.1, -0.05) is 11.6 Å². The standard InChI is InChI=1S/C11H9BrClNO3S2/c1-17-10-3-2-7(6-9(10)13)14-19(15,16)11-8(12)4-5-18-11/h2-6,14H,1H3. The number of halogens is 2. The number of thiophene rings is 1. The summed E-state index contributed by atoms with van der Waals surface area (Å²) in [4.78, 5) is 0. The van der Waals surface area contributed by atoms with E-state index in [-0.39, 0.29) is 4.21 Å². The minimum Gasteiger partial charge on any atom is -0.495 e. The molecule has 0 aliphatic heterocycles. The molecule has 0 bridgehead atoms. The van der Waals surface area contributed by atoms with Crippen molar-refractivity contribution in [2.24, 2.45) is 0 Å². The van der Waals surface area contributed by atoms with Crippen LogP contribution in [-0.2, 0) is 10.0 Å². The van der Waals surface area contributed by atoms with Crippen LogP contribution in [0.3, 0.4) is 0 Å². The first-order valence-corrected chi connectivity index (χ1v) is 8.57. The van der Waals surface area contributed by atoms with Crippen LogP contribution in [0.5, 0.6) is 5.75 Å². The number of ether oxygens (including phenoxy) is 1. The topological polar surface area (TPSA) is 55.4 Å². The first-order chi connectivity index (χ1) is 8.94. The van der Waals surface area contributed by atoms with Crippen molar-refractivity contribution in [2.75, 3.05) is 11.8 Å². The van der Waals surface area contributed by atoms with E-state index >= 15 is 0 Å². The third-order valence-corrected chi connectivity index (χ3v) is 6.58. The summed E-state index contributed by atoms with van der Waals surface area (Å²) in [6, 6.07) is 6.37. The minimum atomic E-state index is -3.61. The molecule has 0 aliphatic carbocycles. The highest BCUT2D eigenvalue weighted by molar-refractivity contribution is 9.10. The summed E-state index contributed by atoms with van der Waals surface area (Å²) in [6.45, 7) is 0. The van der Waals surface area contributed by atoms with Gasteiger partial charge in [-0.15, -0.1) is 11.3 Å². The molecule has 0 unspecified atom stereocenters. The fourth-order valence-corrected chi connectivity index (χ4v) is 5.05. The van der Waals surface area contributed by atoms with Crippen LogP contribution in [0.1, 0.15) is 0 Å². The van der Waals surface area contributed by atoms with Crippen molar-refractivity contribution in [2.45, 2.75) is 4.21 Å². The molecule has 0 radical (unpaired) electrons. The Bertz CT molecular complexity index is 700. The van der Waals surface area contributed by atoms with Crippen molar-refractivity contribution in [3.05, 3.63) is 39.1 Å². The van der Waals surface area contributed by atoms with E-state index in [4.69, 9.17) is 16.3 Å². The van der Waals surface area contributed by atoms with E-state index in [1.165, 1.54) is 13.2 Å². The second-order valence-corrected chi connectivity index (χ2v) is 7.57. The Kier molecular flexibility index (Phi) is 4.39. The Morgan fingerprint density at radius 1 is 1.37 bits per heavy atom. The zero-order valence-electron chi connectivity index (χ0n) is 9.68. The van der Waals surface area contributed by atoms with Crippen LogP contribution < -0.4 is 9.46 Å². The van der Waals surface area contributed by atoms with Gasteiger partial charge in [0.1, 0.15) is 5.75 Å². The number of hydrogen-bond donors (Lipinski definition) is 1. The van der Waals surface area contributed by atoms with Crippen molar-refractivity contribution in [1.82, 2.24) is 0 Å². The number of benzene rings is 1. The molecule has 1 heterocycles. The first kappa shape index (κ1) is 14.6. The number of sulfonamides is 1. The predicted octanol–water partition coefficient (Wildman–Crippen LogP) is 3.97. The predicted molar refractivity (Wildman–Crippen MR) is 80.8 cm³/mol. The van der Waals surface area contributed by atoms with Crippen LogP contribution >= 0.6 is 38.9 Å².